The molecule has 0 spiro atoms. The summed E-state index contributed by atoms with van der Waals surface area (Å²) in [6.45, 7) is 0. The van der Waals surface area contributed by atoms with E-state index in [1.54, 1.807) is 36.4 Å². The lowest BCUT2D eigenvalue weighted by Crippen LogP contribution is -2.48. The highest BCUT2D eigenvalue weighted by atomic mass is 79.9. The Morgan fingerprint density at radius 1 is 1.14 bits per heavy atom. The Kier molecular flexibility index (Phi) is 7.52. The number of primary amides is 1. The maximum atomic E-state index is 12.7. The van der Waals surface area contributed by atoms with Crippen LogP contribution in [0.15, 0.2) is 60.6 Å². The van der Waals surface area contributed by atoms with E-state index in [0.717, 1.165) is 5.56 Å². The lowest BCUT2D eigenvalue weighted by atomic mass is 10.0. The van der Waals surface area contributed by atoms with E-state index in [9.17, 15) is 14.4 Å². The first-order valence-corrected chi connectivity index (χ1v) is 8.84. The van der Waals surface area contributed by atoms with Gasteiger partial charge in [-0.25, -0.2) is 9.97 Å². The minimum absolute atomic E-state index is 0.0786. The molecule has 0 saturated heterocycles. The van der Waals surface area contributed by atoms with Gasteiger partial charge in [0.2, 0.25) is 11.7 Å². The van der Waals surface area contributed by atoms with Crippen LogP contribution in [0.5, 0.6) is 0 Å². The Morgan fingerprint density at radius 3 is 2.36 bits per heavy atom. The predicted molar refractivity (Wildman–Crippen MR) is 107 cm³/mol. The van der Waals surface area contributed by atoms with Crippen molar-refractivity contribution in [1.82, 2.24) is 15.3 Å². The van der Waals surface area contributed by atoms with Gasteiger partial charge in [-0.15, -0.1) is 0 Å². The molecular formula is C18H17BrN6O3. The number of nitrogens with zero attached hydrogens (tertiary/aromatic N) is 2. The van der Waals surface area contributed by atoms with E-state index in [2.05, 4.69) is 36.5 Å². The number of halogens is 1. The van der Waals surface area contributed by atoms with Crippen molar-refractivity contribution in [2.45, 2.75) is 12.5 Å². The fraction of sp³-hybridized carbons (Fsp3) is 0.111. The number of carbonyl (C=O) groups is 3. The summed E-state index contributed by atoms with van der Waals surface area (Å²) < 4.78 is -0.0954. The molecule has 0 aliphatic heterocycles. The quantitative estimate of drug-likeness (QED) is 0.256. The van der Waals surface area contributed by atoms with E-state index in [4.69, 9.17) is 11.1 Å². The highest BCUT2D eigenvalue weighted by Crippen LogP contribution is 2.08. The average molecular weight is 445 g/mol. The molecule has 0 bridgehead atoms. The van der Waals surface area contributed by atoms with Gasteiger partial charge in [0.25, 0.3) is 11.8 Å². The van der Waals surface area contributed by atoms with Gasteiger partial charge in [-0.1, -0.05) is 30.3 Å². The molecule has 1 aromatic carbocycles. The van der Waals surface area contributed by atoms with Crippen LogP contribution in [-0.2, 0) is 20.8 Å². The third-order valence-corrected chi connectivity index (χ3v) is 3.70. The van der Waals surface area contributed by atoms with Crippen LogP contribution in [0.4, 0.5) is 5.95 Å². The number of amides is 2. The van der Waals surface area contributed by atoms with Crippen molar-refractivity contribution in [3.05, 3.63) is 66.1 Å². The van der Waals surface area contributed by atoms with Crippen molar-refractivity contribution in [1.29, 1.82) is 5.41 Å². The van der Waals surface area contributed by atoms with Crippen LogP contribution in [-0.4, -0.2) is 38.2 Å². The number of nitrogens with one attached hydrogen (secondary N) is 3. The number of anilines is 1. The Hall–Kier alpha value is -3.40. The molecule has 0 aliphatic rings. The van der Waals surface area contributed by atoms with Gasteiger partial charge in [0, 0.05) is 18.8 Å². The molecular weight excluding hydrogens is 428 g/mol. The summed E-state index contributed by atoms with van der Waals surface area (Å²) in [6.07, 6.45) is 4.20. The summed E-state index contributed by atoms with van der Waals surface area (Å²) in [5, 5.41) is 12.7. The Labute approximate surface area is 169 Å². The molecule has 10 heteroatoms. The zero-order valence-corrected chi connectivity index (χ0v) is 16.1. The number of ketones is 1. The molecule has 1 aromatic heterocycles. The molecule has 2 amide bonds. The van der Waals surface area contributed by atoms with Crippen LogP contribution < -0.4 is 16.4 Å². The number of aromatic nitrogens is 2. The third kappa shape index (κ3) is 6.40. The van der Waals surface area contributed by atoms with Gasteiger partial charge in [0.05, 0.1) is 4.62 Å². The second kappa shape index (κ2) is 10.1. The number of allylic oxidation sites excluding steroid dienone is 1. The molecule has 9 nitrogen and oxygen atoms in total. The minimum atomic E-state index is -1.17. The lowest BCUT2D eigenvalue weighted by molar-refractivity contribution is -0.138. The molecule has 144 valence electrons. The summed E-state index contributed by atoms with van der Waals surface area (Å²) >= 11 is 2.93. The van der Waals surface area contributed by atoms with E-state index < -0.39 is 23.6 Å². The smallest absolute Gasteiger partial charge is 0.287 e. The largest absolute Gasteiger partial charge is 0.363 e. The summed E-state index contributed by atoms with van der Waals surface area (Å²) in [7, 11) is 0. The summed E-state index contributed by atoms with van der Waals surface area (Å²) in [6, 6.07) is 9.30. The predicted octanol–water partition coefficient (Wildman–Crippen LogP) is 0.926. The average Bonchev–Trinajstić information content (AvgIpc) is 2.67. The number of rotatable bonds is 9. The topological polar surface area (TPSA) is 151 Å². The molecule has 0 aliphatic carbocycles. The molecule has 0 radical (unpaired) electrons. The number of benzene rings is 1. The van der Waals surface area contributed by atoms with Gasteiger partial charge >= 0.3 is 0 Å². The second-order valence-electron chi connectivity index (χ2n) is 5.55. The molecule has 0 fully saturated rings. The Bertz CT molecular complexity index is 902. The molecule has 1 unspecified atom stereocenters. The summed E-state index contributed by atoms with van der Waals surface area (Å²) in [5.74, 6) is -2.69. The van der Waals surface area contributed by atoms with Gasteiger partial charge in [-0.05, 0) is 33.6 Å². The Morgan fingerprint density at radius 2 is 1.79 bits per heavy atom. The molecule has 2 rings (SSSR count). The van der Waals surface area contributed by atoms with E-state index in [1.807, 2.05) is 0 Å². The van der Waals surface area contributed by atoms with Crippen LogP contribution >= 0.6 is 15.9 Å². The van der Waals surface area contributed by atoms with Crippen molar-refractivity contribution in [3.63, 3.8) is 0 Å². The first-order valence-electron chi connectivity index (χ1n) is 8.05. The summed E-state index contributed by atoms with van der Waals surface area (Å²) in [4.78, 5) is 44.1. The van der Waals surface area contributed by atoms with Crippen molar-refractivity contribution in [3.8, 4) is 0 Å². The zero-order chi connectivity index (χ0) is 20.5. The third-order valence-electron chi connectivity index (χ3n) is 3.48. The van der Waals surface area contributed by atoms with Crippen molar-refractivity contribution >= 4 is 44.1 Å². The SMILES string of the molecule is N=C(Br)/C=C(\Nc1ncccn1)C(=O)NC(Cc1ccccc1)C(=O)C(N)=O. The van der Waals surface area contributed by atoms with Crippen LogP contribution in [0.1, 0.15) is 5.56 Å². The van der Waals surface area contributed by atoms with Crippen LogP contribution in [0.3, 0.4) is 0 Å². The van der Waals surface area contributed by atoms with Crippen molar-refractivity contribution < 1.29 is 14.4 Å². The fourth-order valence-corrected chi connectivity index (χ4v) is 2.46. The maximum Gasteiger partial charge on any atom is 0.287 e. The number of carbonyl (C=O) groups excluding carboxylic acids is 3. The zero-order valence-electron chi connectivity index (χ0n) is 14.6. The van der Waals surface area contributed by atoms with Crippen LogP contribution in [0.25, 0.3) is 0 Å². The standard InChI is InChI=1S/C18H17BrN6O3/c19-14(20)10-13(25-18-22-7-4-8-23-18)17(28)24-12(15(26)16(21)27)9-11-5-2-1-3-6-11/h1-8,10,12,20H,9H2,(H2,21,27)(H,24,28)(H,22,23,25)/b13-10-,20-14?. The van der Waals surface area contributed by atoms with Gasteiger partial charge in [0.15, 0.2) is 0 Å². The highest BCUT2D eigenvalue weighted by molar-refractivity contribution is 9.18. The molecule has 28 heavy (non-hydrogen) atoms. The number of hydrogen-bond donors (Lipinski definition) is 4. The van der Waals surface area contributed by atoms with E-state index in [-0.39, 0.29) is 22.7 Å². The highest BCUT2D eigenvalue weighted by Gasteiger charge is 2.26. The van der Waals surface area contributed by atoms with E-state index in [0.29, 0.717) is 0 Å². The van der Waals surface area contributed by atoms with Crippen LogP contribution in [0, 0.1) is 5.41 Å². The van der Waals surface area contributed by atoms with Gasteiger partial charge in [0.1, 0.15) is 11.7 Å². The second-order valence-corrected chi connectivity index (χ2v) is 6.40. The van der Waals surface area contributed by atoms with Crippen LogP contribution in [0.2, 0.25) is 0 Å². The lowest BCUT2D eigenvalue weighted by Gasteiger charge is -2.18. The monoisotopic (exact) mass is 444 g/mol. The molecule has 2 aromatic rings. The molecule has 5 N–H and O–H groups in total. The molecule has 0 saturated carbocycles. The first kappa shape index (κ1) is 20.9. The number of nitrogens with two attached hydrogens (primary N) is 1. The molecule has 1 atom stereocenters. The number of Topliss-reactive ketones (excluding diaryl/α,β-unsaturated/α-hetero) is 1. The van der Waals surface area contributed by atoms with Gasteiger partial charge < -0.3 is 16.4 Å². The summed E-state index contributed by atoms with van der Waals surface area (Å²) in [5.41, 5.74) is 5.76. The van der Waals surface area contributed by atoms with E-state index in [1.165, 1.54) is 18.5 Å². The van der Waals surface area contributed by atoms with Crippen molar-refractivity contribution in [2.75, 3.05) is 5.32 Å². The number of hydrogen-bond acceptors (Lipinski definition) is 7. The van der Waals surface area contributed by atoms with E-state index >= 15 is 0 Å². The van der Waals surface area contributed by atoms with Gasteiger partial charge in [-0.3, -0.25) is 19.8 Å². The first-order chi connectivity index (χ1) is 13.4. The minimum Gasteiger partial charge on any atom is -0.363 e. The maximum absolute atomic E-state index is 12.7. The normalized spacial score (nSPS) is 12.0. The van der Waals surface area contributed by atoms with Gasteiger partial charge in [-0.2, -0.15) is 0 Å². The Balaban J connectivity index is 2.23. The molecule has 1 heterocycles. The van der Waals surface area contributed by atoms with Crippen molar-refractivity contribution in [2.24, 2.45) is 5.73 Å². The fourth-order valence-electron chi connectivity index (χ4n) is 2.24.